The maximum absolute atomic E-state index is 11.7. The molecule has 2 saturated heterocycles. The van der Waals surface area contributed by atoms with Crippen LogP contribution in [0.4, 0.5) is 0 Å². The van der Waals surface area contributed by atoms with Crippen molar-refractivity contribution in [2.24, 2.45) is 11.8 Å². The normalized spacial score (nSPS) is 33.1. The van der Waals surface area contributed by atoms with Crippen LogP contribution in [0.5, 0.6) is 0 Å². The maximum Gasteiger partial charge on any atom is 0.228 e. The first-order chi connectivity index (χ1) is 6.72. The van der Waals surface area contributed by atoms with E-state index in [-0.39, 0.29) is 24.3 Å². The van der Waals surface area contributed by atoms with Crippen molar-refractivity contribution in [1.29, 1.82) is 0 Å². The summed E-state index contributed by atoms with van der Waals surface area (Å²) in [7, 11) is 0. The van der Waals surface area contributed by atoms with E-state index in [0.29, 0.717) is 13.1 Å². The molecule has 2 rings (SSSR count). The molecule has 2 heterocycles. The van der Waals surface area contributed by atoms with Gasteiger partial charge in [-0.25, -0.2) is 0 Å². The highest BCUT2D eigenvalue weighted by molar-refractivity contribution is 5.80. The molecule has 0 radical (unpaired) electrons. The lowest BCUT2D eigenvalue weighted by Crippen LogP contribution is -2.51. The van der Waals surface area contributed by atoms with Crippen molar-refractivity contribution < 1.29 is 15.0 Å². The molecule has 5 nitrogen and oxygen atoms in total. The lowest BCUT2D eigenvalue weighted by atomic mass is 10.0. The van der Waals surface area contributed by atoms with Gasteiger partial charge in [0.2, 0.25) is 5.91 Å². The van der Waals surface area contributed by atoms with Gasteiger partial charge in [0.15, 0.2) is 0 Å². The fourth-order valence-electron chi connectivity index (χ4n) is 1.94. The molecule has 1 amide bonds. The number of nitrogens with one attached hydrogen (secondary N) is 1. The van der Waals surface area contributed by atoms with Crippen LogP contribution in [0.15, 0.2) is 0 Å². The average molecular weight is 200 g/mol. The molecule has 5 heteroatoms. The number of likely N-dealkylation sites (tertiary alicyclic amines) is 1. The predicted octanol–water partition coefficient (Wildman–Crippen LogP) is -1.98. The fraction of sp³-hybridized carbons (Fsp3) is 0.889. The number of hydrogen-bond donors (Lipinski definition) is 3. The van der Waals surface area contributed by atoms with Gasteiger partial charge >= 0.3 is 0 Å². The summed E-state index contributed by atoms with van der Waals surface area (Å²) in [6, 6.07) is 0. The molecule has 14 heavy (non-hydrogen) atoms. The predicted molar refractivity (Wildman–Crippen MR) is 49.5 cm³/mol. The Bertz CT molecular complexity index is 230. The second kappa shape index (κ2) is 3.84. The van der Waals surface area contributed by atoms with Crippen LogP contribution in [0.25, 0.3) is 0 Å². The van der Waals surface area contributed by atoms with Crippen molar-refractivity contribution in [2.45, 2.75) is 6.10 Å². The Morgan fingerprint density at radius 3 is 2.57 bits per heavy atom. The molecule has 2 fully saturated rings. The van der Waals surface area contributed by atoms with Gasteiger partial charge in [-0.3, -0.25) is 4.79 Å². The zero-order chi connectivity index (χ0) is 10.1. The van der Waals surface area contributed by atoms with Gasteiger partial charge in [0.25, 0.3) is 0 Å². The smallest absolute Gasteiger partial charge is 0.228 e. The minimum absolute atomic E-state index is 0.0478. The van der Waals surface area contributed by atoms with Gasteiger partial charge in [-0.05, 0) is 0 Å². The van der Waals surface area contributed by atoms with Gasteiger partial charge in [0.1, 0.15) is 0 Å². The van der Waals surface area contributed by atoms with E-state index in [1.54, 1.807) is 4.90 Å². The highest BCUT2D eigenvalue weighted by Crippen LogP contribution is 2.19. The summed E-state index contributed by atoms with van der Waals surface area (Å²) in [6.45, 7) is 2.31. The minimum atomic E-state index is -0.558. The van der Waals surface area contributed by atoms with E-state index >= 15 is 0 Å². The zero-order valence-corrected chi connectivity index (χ0v) is 8.02. The summed E-state index contributed by atoms with van der Waals surface area (Å²) in [5.74, 6) is 0.0328. The molecule has 0 spiro atoms. The first-order valence-corrected chi connectivity index (χ1v) is 5.00. The number of carbonyl (C=O) groups excluding carboxylic acids is 1. The van der Waals surface area contributed by atoms with E-state index in [2.05, 4.69) is 5.32 Å². The first kappa shape index (κ1) is 9.89. The van der Waals surface area contributed by atoms with Crippen LogP contribution in [-0.4, -0.2) is 59.9 Å². The van der Waals surface area contributed by atoms with Crippen LogP contribution in [-0.2, 0) is 4.79 Å². The summed E-state index contributed by atoms with van der Waals surface area (Å²) in [5.41, 5.74) is 0. The van der Waals surface area contributed by atoms with Crippen molar-refractivity contribution in [3.05, 3.63) is 0 Å². The number of rotatable bonds is 2. The van der Waals surface area contributed by atoms with Gasteiger partial charge < -0.3 is 20.4 Å². The molecule has 2 aliphatic rings. The van der Waals surface area contributed by atoms with E-state index in [1.165, 1.54) is 0 Å². The molecule has 80 valence electrons. The maximum atomic E-state index is 11.7. The van der Waals surface area contributed by atoms with Gasteiger partial charge in [-0.2, -0.15) is 0 Å². The average Bonchev–Trinajstić information content (AvgIpc) is 2.43. The van der Waals surface area contributed by atoms with Crippen molar-refractivity contribution in [1.82, 2.24) is 10.2 Å². The third-order valence-electron chi connectivity index (χ3n) is 3.08. The van der Waals surface area contributed by atoms with Crippen molar-refractivity contribution in [2.75, 3.05) is 32.8 Å². The van der Waals surface area contributed by atoms with Gasteiger partial charge in [0, 0.05) is 32.1 Å². The third-order valence-corrected chi connectivity index (χ3v) is 3.08. The Balaban J connectivity index is 1.90. The topological polar surface area (TPSA) is 72.8 Å². The standard InChI is InChI=1S/C9H16N2O3/c12-5-7-3-11(4-8(7)13)9(14)6-1-10-2-6/h6-8,10,12-13H,1-5H2. The van der Waals surface area contributed by atoms with Crippen molar-refractivity contribution in [3.63, 3.8) is 0 Å². The number of hydrogen-bond acceptors (Lipinski definition) is 4. The SMILES string of the molecule is O=C(C1CNC1)N1CC(O)C(CO)C1. The summed E-state index contributed by atoms with van der Waals surface area (Å²) in [5, 5.41) is 21.5. The summed E-state index contributed by atoms with van der Waals surface area (Å²) < 4.78 is 0. The summed E-state index contributed by atoms with van der Waals surface area (Å²) in [4.78, 5) is 13.4. The van der Waals surface area contributed by atoms with E-state index in [0.717, 1.165) is 13.1 Å². The minimum Gasteiger partial charge on any atom is -0.396 e. The van der Waals surface area contributed by atoms with E-state index < -0.39 is 6.10 Å². The largest absolute Gasteiger partial charge is 0.396 e. The molecule has 3 N–H and O–H groups in total. The third kappa shape index (κ3) is 1.63. The highest BCUT2D eigenvalue weighted by Gasteiger charge is 2.37. The van der Waals surface area contributed by atoms with Gasteiger partial charge in [-0.1, -0.05) is 0 Å². The monoisotopic (exact) mass is 200 g/mol. The lowest BCUT2D eigenvalue weighted by Gasteiger charge is -2.30. The Kier molecular flexibility index (Phi) is 2.71. The number of amides is 1. The lowest BCUT2D eigenvalue weighted by molar-refractivity contribution is -0.136. The Morgan fingerprint density at radius 2 is 2.14 bits per heavy atom. The van der Waals surface area contributed by atoms with Gasteiger partial charge in [0.05, 0.1) is 18.6 Å². The van der Waals surface area contributed by atoms with E-state index in [9.17, 15) is 9.90 Å². The van der Waals surface area contributed by atoms with Crippen LogP contribution < -0.4 is 5.32 Å². The molecule has 0 saturated carbocycles. The number of nitrogens with zero attached hydrogens (tertiary/aromatic N) is 1. The molecular formula is C9H16N2O3. The van der Waals surface area contributed by atoms with Crippen LogP contribution in [0, 0.1) is 11.8 Å². The van der Waals surface area contributed by atoms with Crippen LogP contribution in [0.1, 0.15) is 0 Å². The van der Waals surface area contributed by atoms with Crippen LogP contribution in [0.2, 0.25) is 0 Å². The number of β-amino-alcohol motifs (C(OH)–C–C–N with tert-alkyl or cyclic N) is 1. The van der Waals surface area contributed by atoms with Gasteiger partial charge in [-0.15, -0.1) is 0 Å². The first-order valence-electron chi connectivity index (χ1n) is 5.00. The fourth-order valence-corrected chi connectivity index (χ4v) is 1.94. The van der Waals surface area contributed by atoms with Crippen LogP contribution in [0.3, 0.4) is 0 Å². The molecule has 0 aromatic carbocycles. The number of aliphatic hydroxyl groups excluding tert-OH is 2. The molecule has 0 aromatic rings. The molecule has 0 aliphatic carbocycles. The number of carbonyl (C=O) groups is 1. The second-order valence-electron chi connectivity index (χ2n) is 4.11. The quantitative estimate of drug-likeness (QED) is 0.483. The van der Waals surface area contributed by atoms with Crippen LogP contribution >= 0.6 is 0 Å². The summed E-state index contributed by atoms with van der Waals surface area (Å²) >= 11 is 0. The molecule has 0 bridgehead atoms. The Hall–Kier alpha value is -0.650. The molecule has 2 aliphatic heterocycles. The summed E-state index contributed by atoms with van der Waals surface area (Å²) in [6.07, 6.45) is -0.558. The second-order valence-corrected chi connectivity index (χ2v) is 4.11. The zero-order valence-electron chi connectivity index (χ0n) is 8.02. The highest BCUT2D eigenvalue weighted by atomic mass is 16.3. The van der Waals surface area contributed by atoms with Crippen molar-refractivity contribution >= 4 is 5.91 Å². The molecule has 2 atom stereocenters. The van der Waals surface area contributed by atoms with Crippen molar-refractivity contribution in [3.8, 4) is 0 Å². The number of aliphatic hydroxyl groups is 2. The molecule has 2 unspecified atom stereocenters. The van der Waals surface area contributed by atoms with E-state index in [1.807, 2.05) is 0 Å². The van der Waals surface area contributed by atoms with E-state index in [4.69, 9.17) is 5.11 Å². The Labute approximate surface area is 82.7 Å². The molecule has 0 aromatic heterocycles. The Morgan fingerprint density at radius 1 is 1.43 bits per heavy atom. The molecular weight excluding hydrogens is 184 g/mol.